The molecule has 4 fully saturated rings. The number of ether oxygens (including phenoxy) is 4. The Balaban J connectivity index is 1.72. The summed E-state index contributed by atoms with van der Waals surface area (Å²) in [6.45, 7) is 9.61. The van der Waals surface area contributed by atoms with Crippen molar-refractivity contribution >= 4 is 23.7 Å². The number of aliphatic hydroxyl groups excluding tert-OH is 3. The molecule has 2 bridgehead atoms. The summed E-state index contributed by atoms with van der Waals surface area (Å²) in [5, 5.41) is 45.3. The molecule has 12 nitrogen and oxygen atoms in total. The molecule has 2 aliphatic heterocycles. The average Bonchev–Trinajstić information content (AvgIpc) is 3.21. The zero-order valence-electron chi connectivity index (χ0n) is 24.4. The molecule has 0 aromatic heterocycles. The first-order valence-corrected chi connectivity index (χ1v) is 14.1. The van der Waals surface area contributed by atoms with Gasteiger partial charge in [0.15, 0.2) is 17.1 Å². The number of rotatable bonds is 5. The second-order valence-corrected chi connectivity index (χ2v) is 13.4. The molecule has 12 heteroatoms. The lowest BCUT2D eigenvalue weighted by Gasteiger charge is -2.67. The number of Topliss-reactive ketones (excluding diaryl/α,β-unsaturated/α-hetero) is 1. The van der Waals surface area contributed by atoms with Gasteiger partial charge in [0.05, 0.1) is 25.7 Å². The van der Waals surface area contributed by atoms with E-state index in [4.69, 9.17) is 18.9 Å². The summed E-state index contributed by atoms with van der Waals surface area (Å²) in [5.74, 6) is -8.20. The summed E-state index contributed by atoms with van der Waals surface area (Å²) >= 11 is 0. The molecule has 2 saturated heterocycles. The van der Waals surface area contributed by atoms with Crippen LogP contribution in [-0.4, -0.2) is 93.5 Å². The third kappa shape index (κ3) is 3.41. The van der Waals surface area contributed by atoms with E-state index >= 15 is 0 Å². The Bertz CT molecular complexity index is 1210. The Morgan fingerprint density at radius 2 is 1.71 bits per heavy atom. The summed E-state index contributed by atoms with van der Waals surface area (Å²) < 4.78 is 22.8. The minimum Gasteiger partial charge on any atom is -0.504 e. The third-order valence-electron chi connectivity index (χ3n) is 11.2. The lowest BCUT2D eigenvalue weighted by Crippen LogP contribution is -2.79. The van der Waals surface area contributed by atoms with Crippen LogP contribution in [0, 0.1) is 40.4 Å². The van der Waals surface area contributed by atoms with Crippen molar-refractivity contribution in [3.05, 3.63) is 11.3 Å². The maximum absolute atomic E-state index is 13.7. The maximum Gasteiger partial charge on any atom is 0.348 e. The molecule has 0 unspecified atom stereocenters. The van der Waals surface area contributed by atoms with Crippen molar-refractivity contribution in [2.24, 2.45) is 40.4 Å². The largest absolute Gasteiger partial charge is 0.504 e. The van der Waals surface area contributed by atoms with Gasteiger partial charge in [-0.15, -0.1) is 0 Å². The van der Waals surface area contributed by atoms with E-state index in [9.17, 15) is 39.6 Å². The fraction of sp³-hybridized carbons (Fsp3) is 0.793. The number of methoxy groups -OCH3 is 1. The van der Waals surface area contributed by atoms with Crippen LogP contribution in [0.3, 0.4) is 0 Å². The standard InChI is InChI=1S/C29H40O12/c1-11(2)28(37,12(3)4)24(35)41-19-21-27-10-39-29(21,25(36)38-7)22(33)18(32)20(27)26(6)9-15(30)17(31)13(5)14(26)8-16(27)40-23(19)34/h11-12,14,16,18-22,31-33,37H,8-10H2,1-7H3/t14-,16+,18+,19+,20+,21+,22-,26-,27+,29-/m0/s1. The molecule has 5 aliphatic rings. The molecule has 0 aromatic carbocycles. The minimum atomic E-state index is -2.31. The highest BCUT2D eigenvalue weighted by atomic mass is 16.6. The minimum absolute atomic E-state index is 0.129. The highest BCUT2D eigenvalue weighted by molar-refractivity contribution is 5.95. The summed E-state index contributed by atoms with van der Waals surface area (Å²) in [4.78, 5) is 53.7. The number of ketones is 1. The fourth-order valence-electron chi connectivity index (χ4n) is 9.20. The van der Waals surface area contributed by atoms with E-state index in [0.29, 0.717) is 5.57 Å². The number of hydrogen-bond donors (Lipinski definition) is 4. The van der Waals surface area contributed by atoms with Crippen molar-refractivity contribution in [3.63, 3.8) is 0 Å². The number of aliphatic hydroxyl groups is 4. The van der Waals surface area contributed by atoms with Crippen LogP contribution in [0.5, 0.6) is 0 Å². The van der Waals surface area contributed by atoms with E-state index in [2.05, 4.69) is 0 Å². The molecule has 0 radical (unpaired) electrons. The molecular weight excluding hydrogens is 540 g/mol. The van der Waals surface area contributed by atoms with Gasteiger partial charge in [-0.2, -0.15) is 0 Å². The van der Waals surface area contributed by atoms with Crippen LogP contribution < -0.4 is 0 Å². The smallest absolute Gasteiger partial charge is 0.348 e. The van der Waals surface area contributed by atoms with Crippen LogP contribution >= 0.6 is 0 Å². The van der Waals surface area contributed by atoms with Gasteiger partial charge in [0, 0.05) is 17.8 Å². The van der Waals surface area contributed by atoms with Crippen molar-refractivity contribution in [2.75, 3.05) is 13.7 Å². The monoisotopic (exact) mass is 580 g/mol. The molecule has 41 heavy (non-hydrogen) atoms. The lowest BCUT2D eigenvalue weighted by atomic mass is 9.38. The Kier molecular flexibility index (Phi) is 6.74. The Morgan fingerprint density at radius 1 is 1.10 bits per heavy atom. The van der Waals surface area contributed by atoms with Crippen molar-refractivity contribution in [2.45, 2.75) is 90.0 Å². The summed E-state index contributed by atoms with van der Waals surface area (Å²) in [5.41, 5.74) is -6.39. The Labute approximate surface area is 238 Å². The van der Waals surface area contributed by atoms with Crippen LogP contribution in [0.15, 0.2) is 11.3 Å². The molecular formula is C29H40O12. The molecule has 1 spiro atoms. The van der Waals surface area contributed by atoms with E-state index in [1.54, 1.807) is 41.5 Å². The first kappa shape index (κ1) is 29.9. The van der Waals surface area contributed by atoms with E-state index in [0.717, 1.165) is 7.11 Å². The van der Waals surface area contributed by atoms with Gasteiger partial charge in [-0.25, -0.2) is 14.4 Å². The predicted molar refractivity (Wildman–Crippen MR) is 138 cm³/mol. The van der Waals surface area contributed by atoms with Crippen LogP contribution in [0.2, 0.25) is 0 Å². The van der Waals surface area contributed by atoms with Crippen LogP contribution in [-0.2, 0) is 38.1 Å². The number of allylic oxidation sites excluding steroid dienone is 2. The van der Waals surface area contributed by atoms with Crippen molar-refractivity contribution in [1.82, 2.24) is 0 Å². The quantitative estimate of drug-likeness (QED) is 0.262. The molecule has 2 saturated carbocycles. The van der Waals surface area contributed by atoms with Gasteiger partial charge in [0.2, 0.25) is 11.7 Å². The van der Waals surface area contributed by atoms with E-state index in [1.807, 2.05) is 0 Å². The number of carbonyl (C=O) groups excluding carboxylic acids is 4. The Morgan fingerprint density at radius 3 is 2.27 bits per heavy atom. The van der Waals surface area contributed by atoms with Crippen molar-refractivity contribution in [3.8, 4) is 0 Å². The summed E-state index contributed by atoms with van der Waals surface area (Å²) in [6, 6.07) is 0. The highest BCUT2D eigenvalue weighted by Gasteiger charge is 2.85. The lowest BCUT2D eigenvalue weighted by molar-refractivity contribution is -0.292. The molecule has 2 heterocycles. The van der Waals surface area contributed by atoms with Gasteiger partial charge in [-0.3, -0.25) is 4.79 Å². The predicted octanol–water partition coefficient (Wildman–Crippen LogP) is 0.594. The second kappa shape index (κ2) is 9.23. The number of fused-ring (bicyclic) bond motifs is 2. The van der Waals surface area contributed by atoms with E-state index in [1.165, 1.54) is 0 Å². The second-order valence-electron chi connectivity index (χ2n) is 13.4. The molecule has 3 aliphatic carbocycles. The van der Waals surface area contributed by atoms with Crippen molar-refractivity contribution < 1.29 is 58.6 Å². The Hall–Kier alpha value is -2.54. The molecule has 228 valence electrons. The number of carbonyl (C=O) groups is 4. The van der Waals surface area contributed by atoms with Gasteiger partial charge in [0.25, 0.3) is 0 Å². The summed E-state index contributed by atoms with van der Waals surface area (Å²) in [6.07, 6.45) is -6.42. The van der Waals surface area contributed by atoms with E-state index < -0.39 is 99.7 Å². The number of esters is 3. The third-order valence-corrected chi connectivity index (χ3v) is 11.2. The first-order chi connectivity index (χ1) is 19.0. The van der Waals surface area contributed by atoms with Gasteiger partial charge >= 0.3 is 17.9 Å². The SMILES string of the molecule is COC(=O)[C@@]12OC[C@]34[C@H]([C@@H](O)[C@@H]1O)[C@@]1(C)CC(=O)C(O)=C(C)[C@@H]1C[C@H]3OC(=O)[C@H](OC(=O)C(O)(C(C)C)C(C)C)[C@@H]24. The fourth-order valence-corrected chi connectivity index (χ4v) is 9.20. The molecule has 0 aromatic rings. The molecule has 4 N–H and O–H groups in total. The zero-order valence-corrected chi connectivity index (χ0v) is 24.4. The van der Waals surface area contributed by atoms with Crippen LogP contribution in [0.1, 0.15) is 54.4 Å². The number of hydrogen-bond acceptors (Lipinski definition) is 12. The zero-order chi connectivity index (χ0) is 30.6. The topological polar surface area (TPSA) is 186 Å². The first-order valence-electron chi connectivity index (χ1n) is 14.1. The molecule has 10 atom stereocenters. The average molecular weight is 581 g/mol. The molecule has 0 amide bonds. The maximum atomic E-state index is 13.7. The normalized spacial score (nSPS) is 43.5. The van der Waals surface area contributed by atoms with Gasteiger partial charge < -0.3 is 39.4 Å². The van der Waals surface area contributed by atoms with Gasteiger partial charge in [-0.1, -0.05) is 34.6 Å². The van der Waals surface area contributed by atoms with E-state index in [-0.39, 0.29) is 25.2 Å². The van der Waals surface area contributed by atoms with Gasteiger partial charge in [-0.05, 0) is 42.1 Å². The van der Waals surface area contributed by atoms with Crippen LogP contribution in [0.25, 0.3) is 0 Å². The van der Waals surface area contributed by atoms with Crippen LogP contribution in [0.4, 0.5) is 0 Å². The van der Waals surface area contributed by atoms with Crippen molar-refractivity contribution in [1.29, 1.82) is 0 Å². The summed E-state index contributed by atoms with van der Waals surface area (Å²) in [7, 11) is 1.07. The van der Waals surface area contributed by atoms with Gasteiger partial charge in [0.1, 0.15) is 12.2 Å². The highest BCUT2D eigenvalue weighted by Crippen LogP contribution is 2.72. The molecule has 5 rings (SSSR count).